The highest BCUT2D eigenvalue weighted by Gasteiger charge is 2.52. The molecule has 1 aromatic rings. The second-order valence-corrected chi connectivity index (χ2v) is 6.72. The lowest BCUT2D eigenvalue weighted by atomic mass is 9.62. The van der Waals surface area contributed by atoms with E-state index in [2.05, 4.69) is 5.16 Å². The molecule has 7 heteroatoms. The molecule has 1 saturated carbocycles. The molecule has 0 amide bonds. The van der Waals surface area contributed by atoms with Gasteiger partial charge >= 0.3 is 5.97 Å². The number of carbonyl (C=O) groups is 1. The Kier molecular flexibility index (Phi) is 6.47. The van der Waals surface area contributed by atoms with E-state index in [9.17, 15) is 20.2 Å². The third-order valence-corrected chi connectivity index (χ3v) is 4.95. The van der Waals surface area contributed by atoms with Crippen LogP contribution in [0.3, 0.4) is 0 Å². The third kappa shape index (κ3) is 4.09. The summed E-state index contributed by atoms with van der Waals surface area (Å²) in [5, 5.41) is 33.3. The van der Waals surface area contributed by atoms with Gasteiger partial charge < -0.3 is 24.9 Å². The van der Waals surface area contributed by atoms with Crippen molar-refractivity contribution in [2.75, 3.05) is 13.2 Å². The molecular formula is C19H27NO6. The minimum absolute atomic E-state index is 0.00965. The first-order valence-corrected chi connectivity index (χ1v) is 8.88. The first-order chi connectivity index (χ1) is 12.4. The molecule has 4 unspecified atom stereocenters. The molecule has 0 spiro atoms. The minimum Gasteiger partial charge on any atom is -0.508 e. The summed E-state index contributed by atoms with van der Waals surface area (Å²) in [5.41, 5.74) is -0.505. The fourth-order valence-corrected chi connectivity index (χ4v) is 3.79. The van der Waals surface area contributed by atoms with Crippen LogP contribution in [0, 0.1) is 11.8 Å². The van der Waals surface area contributed by atoms with Gasteiger partial charge in [0, 0.05) is 5.92 Å². The van der Waals surface area contributed by atoms with Gasteiger partial charge in [-0.15, -0.1) is 0 Å². The maximum absolute atomic E-state index is 12.6. The highest BCUT2D eigenvalue weighted by atomic mass is 16.5. The maximum Gasteiger partial charge on any atom is 0.309 e. The van der Waals surface area contributed by atoms with E-state index in [4.69, 9.17) is 9.47 Å². The van der Waals surface area contributed by atoms with Crippen LogP contribution in [0.5, 0.6) is 5.75 Å². The molecule has 7 nitrogen and oxygen atoms in total. The molecule has 2 rings (SSSR count). The van der Waals surface area contributed by atoms with Crippen LogP contribution >= 0.6 is 0 Å². The zero-order valence-corrected chi connectivity index (χ0v) is 15.4. The smallest absolute Gasteiger partial charge is 0.309 e. The van der Waals surface area contributed by atoms with E-state index in [1.807, 2.05) is 0 Å². The molecule has 26 heavy (non-hydrogen) atoms. The van der Waals surface area contributed by atoms with Crippen LogP contribution in [0.1, 0.15) is 45.1 Å². The summed E-state index contributed by atoms with van der Waals surface area (Å²) in [5.74, 6) is -2.05. The van der Waals surface area contributed by atoms with Gasteiger partial charge in [0.15, 0.2) is 0 Å². The van der Waals surface area contributed by atoms with Crippen LogP contribution in [0.4, 0.5) is 0 Å². The summed E-state index contributed by atoms with van der Waals surface area (Å²) in [7, 11) is 0. The third-order valence-electron chi connectivity index (χ3n) is 4.95. The van der Waals surface area contributed by atoms with Gasteiger partial charge in [0.1, 0.15) is 5.75 Å². The number of phenols is 1. The number of phenolic OH excluding ortho intramolecular Hbond substituents is 1. The van der Waals surface area contributed by atoms with E-state index >= 15 is 0 Å². The Labute approximate surface area is 153 Å². The van der Waals surface area contributed by atoms with Gasteiger partial charge in [0.25, 0.3) is 0 Å². The largest absolute Gasteiger partial charge is 0.508 e. The number of aromatic hydroxyl groups is 1. The van der Waals surface area contributed by atoms with Crippen LogP contribution in [-0.4, -0.2) is 46.1 Å². The standard InChI is InChI=1S/C19H27NO6/c1-4-25-17(20-24)16-15(12-6-8-13(21)9-7-12)14(18(22)26-5-2)10-11-19(16,3)23/h6-9,14-16,21,23-24H,4-5,10-11H2,1-3H3. The van der Waals surface area contributed by atoms with Crippen molar-refractivity contribution < 1.29 is 29.7 Å². The average molecular weight is 365 g/mol. The van der Waals surface area contributed by atoms with Gasteiger partial charge in [-0.1, -0.05) is 17.3 Å². The summed E-state index contributed by atoms with van der Waals surface area (Å²) in [6, 6.07) is 6.44. The number of ether oxygens (including phenoxy) is 2. The molecule has 1 aliphatic rings. The molecule has 1 aromatic carbocycles. The first-order valence-electron chi connectivity index (χ1n) is 8.88. The van der Waals surface area contributed by atoms with Crippen molar-refractivity contribution in [1.29, 1.82) is 0 Å². The van der Waals surface area contributed by atoms with Crippen LogP contribution in [-0.2, 0) is 14.3 Å². The maximum atomic E-state index is 12.6. The summed E-state index contributed by atoms with van der Waals surface area (Å²) < 4.78 is 10.7. The molecule has 0 saturated heterocycles. The van der Waals surface area contributed by atoms with Gasteiger partial charge in [-0.25, -0.2) is 0 Å². The fraction of sp³-hybridized carbons (Fsp3) is 0.579. The topological polar surface area (TPSA) is 109 Å². The van der Waals surface area contributed by atoms with Crippen LogP contribution in [0.15, 0.2) is 29.4 Å². The lowest BCUT2D eigenvalue weighted by Gasteiger charge is -2.45. The number of oxime groups is 1. The second kappa shape index (κ2) is 8.40. The van der Waals surface area contributed by atoms with E-state index in [1.54, 1.807) is 32.9 Å². The van der Waals surface area contributed by atoms with Crippen molar-refractivity contribution in [2.24, 2.45) is 17.0 Å². The fourth-order valence-electron chi connectivity index (χ4n) is 3.79. The van der Waals surface area contributed by atoms with Gasteiger partial charge in [0.2, 0.25) is 5.90 Å². The highest BCUT2D eigenvalue weighted by molar-refractivity contribution is 5.83. The Bertz CT molecular complexity index is 640. The number of carbonyl (C=O) groups excluding carboxylic acids is 1. The number of nitrogens with zero attached hydrogens (tertiary/aromatic N) is 1. The zero-order valence-electron chi connectivity index (χ0n) is 15.4. The number of rotatable bonds is 5. The predicted molar refractivity (Wildman–Crippen MR) is 95.2 cm³/mol. The minimum atomic E-state index is -1.23. The van der Waals surface area contributed by atoms with Crippen molar-refractivity contribution in [3.05, 3.63) is 29.8 Å². The quantitative estimate of drug-likeness (QED) is 0.243. The molecule has 1 aliphatic carbocycles. The van der Waals surface area contributed by atoms with Crippen molar-refractivity contribution in [1.82, 2.24) is 0 Å². The normalized spacial score (nSPS) is 29.2. The highest BCUT2D eigenvalue weighted by Crippen LogP contribution is 2.48. The first kappa shape index (κ1) is 20.0. The van der Waals surface area contributed by atoms with Crippen molar-refractivity contribution in [3.8, 4) is 5.75 Å². The van der Waals surface area contributed by atoms with Gasteiger partial charge in [-0.2, -0.15) is 0 Å². The Morgan fingerprint density at radius 1 is 1.23 bits per heavy atom. The van der Waals surface area contributed by atoms with Crippen LogP contribution in [0.2, 0.25) is 0 Å². The number of hydrogen-bond acceptors (Lipinski definition) is 7. The van der Waals surface area contributed by atoms with Crippen molar-refractivity contribution in [3.63, 3.8) is 0 Å². The number of hydrogen-bond donors (Lipinski definition) is 3. The van der Waals surface area contributed by atoms with Crippen molar-refractivity contribution >= 4 is 11.9 Å². The Morgan fingerprint density at radius 2 is 1.85 bits per heavy atom. The summed E-state index contributed by atoms with van der Waals surface area (Å²) in [6.07, 6.45) is 0.764. The number of aliphatic hydroxyl groups is 1. The van der Waals surface area contributed by atoms with E-state index in [0.29, 0.717) is 12.8 Å². The molecule has 0 aromatic heterocycles. The number of esters is 1. The molecule has 1 fully saturated rings. The molecule has 0 heterocycles. The second-order valence-electron chi connectivity index (χ2n) is 6.72. The Morgan fingerprint density at radius 3 is 2.38 bits per heavy atom. The monoisotopic (exact) mass is 365 g/mol. The zero-order chi connectivity index (χ0) is 19.3. The Balaban J connectivity index is 2.55. The summed E-state index contributed by atoms with van der Waals surface area (Å²) in [6.45, 7) is 5.66. The molecule has 0 aliphatic heterocycles. The van der Waals surface area contributed by atoms with Crippen LogP contribution < -0.4 is 0 Å². The van der Waals surface area contributed by atoms with Gasteiger partial charge in [0.05, 0.1) is 30.7 Å². The van der Waals surface area contributed by atoms with E-state index in [1.165, 1.54) is 12.1 Å². The van der Waals surface area contributed by atoms with Crippen molar-refractivity contribution in [2.45, 2.75) is 45.1 Å². The lowest BCUT2D eigenvalue weighted by Crippen LogP contribution is -2.51. The molecular weight excluding hydrogens is 338 g/mol. The lowest BCUT2D eigenvalue weighted by molar-refractivity contribution is -0.153. The van der Waals surface area contributed by atoms with Gasteiger partial charge in [-0.05, 0) is 51.3 Å². The van der Waals surface area contributed by atoms with E-state index in [0.717, 1.165) is 5.56 Å². The molecule has 0 bridgehead atoms. The van der Waals surface area contributed by atoms with Gasteiger partial charge in [-0.3, -0.25) is 4.79 Å². The molecule has 144 valence electrons. The predicted octanol–water partition coefficient (Wildman–Crippen LogP) is 2.64. The Hall–Kier alpha value is -2.28. The van der Waals surface area contributed by atoms with E-state index in [-0.39, 0.29) is 30.8 Å². The summed E-state index contributed by atoms with van der Waals surface area (Å²) >= 11 is 0. The average Bonchev–Trinajstić information content (AvgIpc) is 2.60. The SMILES string of the molecule is CCOC(=O)C1CCC(C)(O)C(C(=NO)OCC)C1c1ccc(O)cc1. The number of benzene rings is 1. The molecule has 4 atom stereocenters. The molecule has 3 N–H and O–H groups in total. The van der Waals surface area contributed by atoms with Crippen LogP contribution in [0.25, 0.3) is 0 Å². The molecule has 0 radical (unpaired) electrons. The summed E-state index contributed by atoms with van der Waals surface area (Å²) in [4.78, 5) is 12.6. The van der Waals surface area contributed by atoms with E-state index < -0.39 is 23.4 Å².